The van der Waals surface area contributed by atoms with E-state index in [0.29, 0.717) is 12.0 Å². The van der Waals surface area contributed by atoms with E-state index in [-0.39, 0.29) is 11.9 Å². The third kappa shape index (κ3) is 2.68. The molecule has 19 heavy (non-hydrogen) atoms. The first kappa shape index (κ1) is 12.4. The first-order valence-corrected chi connectivity index (χ1v) is 6.73. The molecular weight excluding hydrogens is 241 g/mol. The van der Waals surface area contributed by atoms with Crippen LogP contribution in [0.2, 0.25) is 0 Å². The number of nitrogens with one attached hydrogen (secondary N) is 2. The Morgan fingerprint density at radius 3 is 2.95 bits per heavy atom. The average Bonchev–Trinajstić information content (AvgIpc) is 2.86. The van der Waals surface area contributed by atoms with Crippen LogP contribution in [-0.2, 0) is 0 Å². The van der Waals surface area contributed by atoms with E-state index >= 15 is 0 Å². The molecule has 0 aliphatic heterocycles. The van der Waals surface area contributed by atoms with E-state index in [2.05, 4.69) is 22.2 Å². The van der Waals surface area contributed by atoms with Gasteiger partial charge >= 0.3 is 0 Å². The van der Waals surface area contributed by atoms with Gasteiger partial charge in [-0.3, -0.25) is 0 Å². The second-order valence-electron chi connectivity index (χ2n) is 5.28. The van der Waals surface area contributed by atoms with E-state index in [1.807, 2.05) is 12.3 Å². The molecular formula is C15H18FN3. The van der Waals surface area contributed by atoms with Gasteiger partial charge in [0.15, 0.2) is 0 Å². The lowest BCUT2D eigenvalue weighted by atomic mass is 9.75. The molecule has 0 saturated heterocycles. The van der Waals surface area contributed by atoms with Crippen molar-refractivity contribution < 1.29 is 4.39 Å². The molecule has 4 heteroatoms. The number of aromatic amines is 1. The number of aromatic nitrogens is 2. The van der Waals surface area contributed by atoms with Crippen LogP contribution in [0.25, 0.3) is 0 Å². The molecule has 100 valence electrons. The second-order valence-corrected chi connectivity index (χ2v) is 5.28. The molecule has 1 atom stereocenters. The van der Waals surface area contributed by atoms with Gasteiger partial charge in [0.2, 0.25) is 0 Å². The fourth-order valence-electron chi connectivity index (χ4n) is 2.73. The minimum atomic E-state index is -0.141. The molecule has 1 aliphatic carbocycles. The van der Waals surface area contributed by atoms with Gasteiger partial charge in [-0.25, -0.2) is 9.37 Å². The van der Waals surface area contributed by atoms with Crippen LogP contribution in [0.1, 0.15) is 43.1 Å². The van der Waals surface area contributed by atoms with Gasteiger partial charge < -0.3 is 10.3 Å². The van der Waals surface area contributed by atoms with Crippen molar-refractivity contribution >= 4 is 0 Å². The van der Waals surface area contributed by atoms with Crippen LogP contribution in [0.5, 0.6) is 0 Å². The molecule has 0 radical (unpaired) electrons. The number of hydrogen-bond donors (Lipinski definition) is 2. The summed E-state index contributed by atoms with van der Waals surface area (Å²) in [6, 6.07) is 7.67. The van der Waals surface area contributed by atoms with Gasteiger partial charge in [-0.05, 0) is 43.4 Å². The van der Waals surface area contributed by atoms with Gasteiger partial charge in [-0.15, -0.1) is 0 Å². The number of nitrogens with zero attached hydrogens (tertiary/aromatic N) is 1. The van der Waals surface area contributed by atoms with E-state index in [1.54, 1.807) is 18.3 Å². The van der Waals surface area contributed by atoms with E-state index in [0.717, 1.165) is 24.2 Å². The Morgan fingerprint density at radius 2 is 2.26 bits per heavy atom. The molecule has 0 spiro atoms. The smallest absolute Gasteiger partial charge is 0.123 e. The summed E-state index contributed by atoms with van der Waals surface area (Å²) >= 11 is 0. The molecule has 0 amide bonds. The van der Waals surface area contributed by atoms with Gasteiger partial charge in [-0.1, -0.05) is 12.1 Å². The summed E-state index contributed by atoms with van der Waals surface area (Å²) in [6.07, 6.45) is 5.73. The van der Waals surface area contributed by atoms with Crippen molar-refractivity contribution in [3.63, 3.8) is 0 Å². The highest BCUT2D eigenvalue weighted by Gasteiger charge is 2.31. The number of rotatable bonds is 4. The van der Waals surface area contributed by atoms with Crippen LogP contribution >= 0.6 is 0 Å². The first-order valence-electron chi connectivity index (χ1n) is 6.73. The molecule has 1 heterocycles. The van der Waals surface area contributed by atoms with Crippen molar-refractivity contribution in [2.24, 2.45) is 0 Å². The topological polar surface area (TPSA) is 40.7 Å². The molecule has 1 aromatic carbocycles. The lowest BCUT2D eigenvalue weighted by Crippen LogP contribution is -2.41. The van der Waals surface area contributed by atoms with Gasteiger partial charge in [-0.2, -0.15) is 0 Å². The number of benzene rings is 1. The minimum Gasteiger partial charge on any atom is -0.347 e. The number of halogens is 1. The van der Waals surface area contributed by atoms with Crippen LogP contribution in [0, 0.1) is 5.82 Å². The molecule has 2 aromatic rings. The maximum absolute atomic E-state index is 13.2. The Hall–Kier alpha value is -1.68. The zero-order valence-electron chi connectivity index (χ0n) is 10.9. The van der Waals surface area contributed by atoms with E-state index in [4.69, 9.17) is 0 Å². The monoisotopic (exact) mass is 259 g/mol. The zero-order valence-corrected chi connectivity index (χ0v) is 10.9. The van der Waals surface area contributed by atoms with Crippen LogP contribution in [0.4, 0.5) is 4.39 Å². The van der Waals surface area contributed by atoms with Crippen molar-refractivity contribution in [3.05, 3.63) is 53.9 Å². The van der Waals surface area contributed by atoms with Crippen LogP contribution < -0.4 is 5.32 Å². The zero-order chi connectivity index (χ0) is 13.2. The summed E-state index contributed by atoms with van der Waals surface area (Å²) in [4.78, 5) is 7.37. The Balaban J connectivity index is 1.53. The summed E-state index contributed by atoms with van der Waals surface area (Å²) in [5.74, 6) is 1.31. The summed E-state index contributed by atoms with van der Waals surface area (Å²) in [6.45, 7) is 2.11. The minimum absolute atomic E-state index is 0.141. The van der Waals surface area contributed by atoms with Gasteiger partial charge in [0.05, 0.1) is 6.04 Å². The van der Waals surface area contributed by atoms with E-state index in [9.17, 15) is 4.39 Å². The predicted octanol–water partition coefficient (Wildman–Crippen LogP) is 3.15. The largest absolute Gasteiger partial charge is 0.347 e. The molecule has 3 rings (SSSR count). The lowest BCUT2D eigenvalue weighted by Gasteiger charge is -2.37. The number of imidazole rings is 1. The van der Waals surface area contributed by atoms with Crippen molar-refractivity contribution in [1.82, 2.24) is 15.3 Å². The maximum Gasteiger partial charge on any atom is 0.123 e. The van der Waals surface area contributed by atoms with Gasteiger partial charge in [0.25, 0.3) is 0 Å². The molecule has 1 saturated carbocycles. The molecule has 1 aromatic heterocycles. The molecule has 1 unspecified atom stereocenters. The Bertz CT molecular complexity index is 532. The Kier molecular flexibility index (Phi) is 3.34. The van der Waals surface area contributed by atoms with Crippen molar-refractivity contribution in [2.75, 3.05) is 0 Å². The third-order valence-electron chi connectivity index (χ3n) is 3.87. The number of H-pyrrole nitrogens is 1. The summed E-state index contributed by atoms with van der Waals surface area (Å²) in [7, 11) is 0. The SMILES string of the molecule is CC(NC1CC(c2cccc(F)c2)C1)c1ncc[nH]1. The van der Waals surface area contributed by atoms with Crippen LogP contribution in [-0.4, -0.2) is 16.0 Å². The Labute approximate surface area is 112 Å². The molecule has 0 bridgehead atoms. The first-order chi connectivity index (χ1) is 9.22. The predicted molar refractivity (Wildman–Crippen MR) is 72.3 cm³/mol. The van der Waals surface area contributed by atoms with Crippen molar-refractivity contribution in [3.8, 4) is 0 Å². The van der Waals surface area contributed by atoms with Crippen molar-refractivity contribution in [2.45, 2.75) is 37.8 Å². The average molecular weight is 259 g/mol. The molecule has 2 N–H and O–H groups in total. The quantitative estimate of drug-likeness (QED) is 0.885. The fourth-order valence-corrected chi connectivity index (χ4v) is 2.73. The standard InChI is InChI=1S/C15H18FN3/c1-10(15-17-5-6-18-15)19-14-8-12(9-14)11-3-2-4-13(16)7-11/h2-7,10,12,14,19H,8-9H2,1H3,(H,17,18). The van der Waals surface area contributed by atoms with Crippen LogP contribution in [0.3, 0.4) is 0 Å². The normalized spacial score (nSPS) is 23.9. The number of hydrogen-bond acceptors (Lipinski definition) is 2. The lowest BCUT2D eigenvalue weighted by molar-refractivity contribution is 0.267. The van der Waals surface area contributed by atoms with Crippen molar-refractivity contribution in [1.29, 1.82) is 0 Å². The third-order valence-corrected chi connectivity index (χ3v) is 3.87. The van der Waals surface area contributed by atoms with Crippen LogP contribution in [0.15, 0.2) is 36.7 Å². The second kappa shape index (κ2) is 5.13. The molecule has 3 nitrogen and oxygen atoms in total. The Morgan fingerprint density at radius 1 is 1.42 bits per heavy atom. The highest BCUT2D eigenvalue weighted by molar-refractivity contribution is 5.23. The molecule has 1 aliphatic rings. The van der Waals surface area contributed by atoms with E-state index in [1.165, 1.54) is 6.07 Å². The molecule has 1 fully saturated rings. The van der Waals surface area contributed by atoms with Gasteiger partial charge in [0.1, 0.15) is 11.6 Å². The summed E-state index contributed by atoms with van der Waals surface area (Å²) in [5, 5.41) is 3.55. The highest BCUT2D eigenvalue weighted by Crippen LogP contribution is 2.37. The summed E-state index contributed by atoms with van der Waals surface area (Å²) in [5.41, 5.74) is 1.11. The van der Waals surface area contributed by atoms with E-state index < -0.39 is 0 Å². The summed E-state index contributed by atoms with van der Waals surface area (Å²) < 4.78 is 13.2. The van der Waals surface area contributed by atoms with Gasteiger partial charge in [0, 0.05) is 18.4 Å². The maximum atomic E-state index is 13.2. The highest BCUT2D eigenvalue weighted by atomic mass is 19.1. The fraction of sp³-hybridized carbons (Fsp3) is 0.400.